The first-order valence-electron chi connectivity index (χ1n) is 8.98. The minimum absolute atomic E-state index is 0.000450. The summed E-state index contributed by atoms with van der Waals surface area (Å²) in [5, 5.41) is 15.1. The predicted octanol–water partition coefficient (Wildman–Crippen LogP) is 2.81. The van der Waals surface area contributed by atoms with Crippen molar-refractivity contribution in [3.05, 3.63) is 71.3 Å². The molecule has 0 aliphatic carbocycles. The molecule has 0 atom stereocenters. The van der Waals surface area contributed by atoms with Gasteiger partial charge in [-0.2, -0.15) is 0 Å². The Morgan fingerprint density at radius 1 is 0.897 bits per heavy atom. The Morgan fingerprint density at radius 3 is 1.83 bits per heavy atom. The SMILES string of the molecule is CN(C)C(=O)Cc1cc(-c2ccc(C(=N)N)cc2)oc1-c1ccc(C(=N)N)cc1. The van der Waals surface area contributed by atoms with Crippen LogP contribution in [0.2, 0.25) is 0 Å². The Hall–Kier alpha value is -3.87. The largest absolute Gasteiger partial charge is 0.456 e. The van der Waals surface area contributed by atoms with Gasteiger partial charge in [0.15, 0.2) is 0 Å². The highest BCUT2D eigenvalue weighted by Crippen LogP contribution is 2.33. The van der Waals surface area contributed by atoms with Crippen molar-refractivity contribution in [2.24, 2.45) is 11.5 Å². The molecule has 0 bridgehead atoms. The number of hydrogen-bond donors (Lipinski definition) is 4. The summed E-state index contributed by atoms with van der Waals surface area (Å²) in [6, 6.07) is 16.2. The average Bonchev–Trinajstić information content (AvgIpc) is 3.11. The number of likely N-dealkylation sites (N-methyl/N-ethyl adjacent to an activating group) is 1. The molecule has 0 radical (unpaired) electrons. The van der Waals surface area contributed by atoms with Crippen LogP contribution in [0.15, 0.2) is 59.0 Å². The molecule has 3 rings (SSSR count). The van der Waals surface area contributed by atoms with Crippen molar-refractivity contribution >= 4 is 17.6 Å². The Labute approximate surface area is 169 Å². The number of rotatable bonds is 6. The Kier molecular flexibility index (Phi) is 5.50. The van der Waals surface area contributed by atoms with Crippen LogP contribution < -0.4 is 11.5 Å². The predicted molar refractivity (Wildman–Crippen MR) is 114 cm³/mol. The van der Waals surface area contributed by atoms with Crippen LogP contribution in [0, 0.1) is 10.8 Å². The van der Waals surface area contributed by atoms with Crippen molar-refractivity contribution in [2.45, 2.75) is 6.42 Å². The van der Waals surface area contributed by atoms with E-state index in [1.54, 1.807) is 38.4 Å². The molecule has 1 heterocycles. The number of benzene rings is 2. The summed E-state index contributed by atoms with van der Waals surface area (Å²) >= 11 is 0. The molecule has 0 saturated heterocycles. The van der Waals surface area contributed by atoms with E-state index in [9.17, 15) is 4.79 Å². The first-order valence-corrected chi connectivity index (χ1v) is 8.98. The molecule has 3 aromatic rings. The van der Waals surface area contributed by atoms with Crippen LogP contribution in [-0.4, -0.2) is 36.6 Å². The van der Waals surface area contributed by atoms with Gasteiger partial charge in [-0.25, -0.2) is 0 Å². The third-order valence-electron chi connectivity index (χ3n) is 4.59. The van der Waals surface area contributed by atoms with Gasteiger partial charge in [0.05, 0.1) is 6.42 Å². The van der Waals surface area contributed by atoms with E-state index in [0.29, 0.717) is 22.6 Å². The second kappa shape index (κ2) is 8.02. The van der Waals surface area contributed by atoms with Crippen LogP contribution >= 0.6 is 0 Å². The normalized spacial score (nSPS) is 10.6. The molecule has 7 nitrogen and oxygen atoms in total. The summed E-state index contributed by atoms with van der Waals surface area (Å²) in [7, 11) is 3.43. The Balaban J connectivity index is 2.04. The summed E-state index contributed by atoms with van der Waals surface area (Å²) in [5.41, 5.74) is 14.7. The lowest BCUT2D eigenvalue weighted by Crippen LogP contribution is -2.23. The maximum absolute atomic E-state index is 12.3. The fourth-order valence-corrected chi connectivity index (χ4v) is 2.88. The Morgan fingerprint density at radius 2 is 1.38 bits per heavy atom. The number of nitrogens with one attached hydrogen (secondary N) is 2. The van der Waals surface area contributed by atoms with E-state index < -0.39 is 0 Å². The van der Waals surface area contributed by atoms with Crippen LogP contribution in [0.25, 0.3) is 22.6 Å². The second-order valence-corrected chi connectivity index (χ2v) is 6.91. The van der Waals surface area contributed by atoms with Crippen LogP contribution in [0.5, 0.6) is 0 Å². The highest BCUT2D eigenvalue weighted by molar-refractivity contribution is 5.96. The molecule has 2 aromatic carbocycles. The van der Waals surface area contributed by atoms with E-state index in [4.69, 9.17) is 26.7 Å². The van der Waals surface area contributed by atoms with Gasteiger partial charge in [-0.15, -0.1) is 0 Å². The van der Waals surface area contributed by atoms with E-state index in [-0.39, 0.29) is 24.0 Å². The lowest BCUT2D eigenvalue weighted by atomic mass is 10.0. The number of carbonyl (C=O) groups is 1. The third-order valence-corrected chi connectivity index (χ3v) is 4.59. The number of amidine groups is 2. The number of furan rings is 1. The second-order valence-electron chi connectivity index (χ2n) is 6.91. The van der Waals surface area contributed by atoms with Crippen LogP contribution in [0.4, 0.5) is 0 Å². The number of nitrogens with two attached hydrogens (primary N) is 2. The summed E-state index contributed by atoms with van der Waals surface area (Å²) in [6.07, 6.45) is 0.200. The summed E-state index contributed by atoms with van der Waals surface area (Å²) in [4.78, 5) is 13.8. The molecule has 6 N–H and O–H groups in total. The zero-order valence-electron chi connectivity index (χ0n) is 16.3. The minimum atomic E-state index is -0.0362. The average molecular weight is 389 g/mol. The zero-order valence-corrected chi connectivity index (χ0v) is 16.3. The molecule has 148 valence electrons. The van der Waals surface area contributed by atoms with Gasteiger partial charge in [0.25, 0.3) is 0 Å². The van der Waals surface area contributed by atoms with Crippen molar-refractivity contribution in [1.29, 1.82) is 10.8 Å². The highest BCUT2D eigenvalue weighted by atomic mass is 16.3. The van der Waals surface area contributed by atoms with Gasteiger partial charge in [-0.3, -0.25) is 15.6 Å². The quantitative estimate of drug-likeness (QED) is 0.381. The molecule has 29 heavy (non-hydrogen) atoms. The molecule has 0 saturated carbocycles. The lowest BCUT2D eigenvalue weighted by Gasteiger charge is -2.10. The van der Waals surface area contributed by atoms with Crippen molar-refractivity contribution in [3.8, 4) is 22.6 Å². The lowest BCUT2D eigenvalue weighted by molar-refractivity contribution is -0.127. The van der Waals surface area contributed by atoms with Gasteiger partial charge in [-0.05, 0) is 6.07 Å². The highest BCUT2D eigenvalue weighted by Gasteiger charge is 2.18. The standard InChI is InChI=1S/C22H23N5O2/c1-27(2)19(28)12-17-11-18(13-3-7-15(8-4-13)21(23)24)29-20(17)14-5-9-16(10-6-14)22(25)26/h3-11H,12H2,1-2H3,(H3,23,24)(H3,25,26). The molecule has 1 aromatic heterocycles. The molecule has 7 heteroatoms. The van der Waals surface area contributed by atoms with Gasteiger partial charge in [0, 0.05) is 41.9 Å². The van der Waals surface area contributed by atoms with Crippen LogP contribution in [0.1, 0.15) is 16.7 Å². The number of nitrogens with zero attached hydrogens (tertiary/aromatic N) is 1. The fourth-order valence-electron chi connectivity index (χ4n) is 2.88. The number of amides is 1. The fraction of sp³-hybridized carbons (Fsp3) is 0.136. The maximum atomic E-state index is 12.3. The molecular formula is C22H23N5O2. The molecule has 0 unspecified atom stereocenters. The van der Waals surface area contributed by atoms with Gasteiger partial charge in [0.2, 0.25) is 5.91 Å². The zero-order chi connectivity index (χ0) is 21.1. The van der Waals surface area contributed by atoms with Crippen molar-refractivity contribution in [2.75, 3.05) is 14.1 Å². The maximum Gasteiger partial charge on any atom is 0.226 e. The number of nitrogen functional groups attached to an aromatic ring is 2. The van der Waals surface area contributed by atoms with Gasteiger partial charge < -0.3 is 20.8 Å². The first kappa shape index (κ1) is 19.9. The molecule has 0 fully saturated rings. The third kappa shape index (κ3) is 4.35. The number of carbonyl (C=O) groups excluding carboxylic acids is 1. The van der Waals surface area contributed by atoms with Gasteiger partial charge in [0.1, 0.15) is 23.2 Å². The van der Waals surface area contributed by atoms with E-state index >= 15 is 0 Å². The molecule has 0 spiro atoms. The molecule has 0 aliphatic rings. The number of hydrogen-bond acceptors (Lipinski definition) is 4. The van der Waals surface area contributed by atoms with E-state index in [2.05, 4.69) is 0 Å². The van der Waals surface area contributed by atoms with E-state index in [0.717, 1.165) is 16.7 Å². The summed E-state index contributed by atoms with van der Waals surface area (Å²) in [5.74, 6) is 1.17. The summed E-state index contributed by atoms with van der Waals surface area (Å²) in [6.45, 7) is 0. The first-order chi connectivity index (χ1) is 13.8. The molecule has 1 amide bonds. The van der Waals surface area contributed by atoms with Gasteiger partial charge >= 0.3 is 0 Å². The van der Waals surface area contributed by atoms with Crippen LogP contribution in [-0.2, 0) is 11.2 Å². The molecular weight excluding hydrogens is 366 g/mol. The topological polar surface area (TPSA) is 133 Å². The van der Waals surface area contributed by atoms with E-state index in [1.807, 2.05) is 30.3 Å². The minimum Gasteiger partial charge on any atom is -0.456 e. The Bertz CT molecular complexity index is 1060. The molecule has 0 aliphatic heterocycles. The van der Waals surface area contributed by atoms with Crippen molar-refractivity contribution < 1.29 is 9.21 Å². The smallest absolute Gasteiger partial charge is 0.226 e. The monoisotopic (exact) mass is 389 g/mol. The van der Waals surface area contributed by atoms with Crippen molar-refractivity contribution in [3.63, 3.8) is 0 Å². The summed E-state index contributed by atoms with van der Waals surface area (Å²) < 4.78 is 6.13. The van der Waals surface area contributed by atoms with Gasteiger partial charge in [-0.1, -0.05) is 48.5 Å². The van der Waals surface area contributed by atoms with Crippen LogP contribution in [0.3, 0.4) is 0 Å². The van der Waals surface area contributed by atoms with Crippen molar-refractivity contribution in [1.82, 2.24) is 4.90 Å². The van der Waals surface area contributed by atoms with E-state index in [1.165, 1.54) is 4.90 Å².